The average molecular weight is 337 g/mol. The highest BCUT2D eigenvalue weighted by molar-refractivity contribution is 7.15. The second kappa shape index (κ2) is 7.32. The van der Waals surface area contributed by atoms with Crippen LogP contribution in [0.2, 0.25) is 0 Å². The Bertz CT molecular complexity index is 606. The van der Waals surface area contributed by atoms with Crippen molar-refractivity contribution < 1.29 is 9.53 Å². The topological polar surface area (TPSA) is 45.7 Å². The maximum Gasteiger partial charge on any atom is 0.236 e. The SMILES string of the molecule is CN(CC(=O)N1CCOCC1)Cc1cnc(-c2ccsc2)s1. The molecule has 0 bridgehead atoms. The van der Waals surface area contributed by atoms with Gasteiger partial charge in [-0.1, -0.05) is 0 Å². The minimum atomic E-state index is 0.174. The lowest BCUT2D eigenvalue weighted by Gasteiger charge is -2.28. The summed E-state index contributed by atoms with van der Waals surface area (Å²) in [6.07, 6.45) is 1.91. The summed E-state index contributed by atoms with van der Waals surface area (Å²) in [5.74, 6) is 0.174. The van der Waals surface area contributed by atoms with Gasteiger partial charge in [0.2, 0.25) is 5.91 Å². The summed E-state index contributed by atoms with van der Waals surface area (Å²) in [5.41, 5.74) is 1.17. The quantitative estimate of drug-likeness (QED) is 0.839. The third kappa shape index (κ3) is 3.92. The number of nitrogens with zero attached hydrogens (tertiary/aromatic N) is 3. The number of carbonyl (C=O) groups excluding carboxylic acids is 1. The number of thiazole rings is 1. The summed E-state index contributed by atoms with van der Waals surface area (Å²) in [6, 6.07) is 2.08. The molecule has 1 aliphatic heterocycles. The summed E-state index contributed by atoms with van der Waals surface area (Å²) in [4.78, 5) is 21.8. The third-order valence-corrected chi connectivity index (χ3v) is 5.23. The molecule has 2 aromatic heterocycles. The Hall–Kier alpha value is -1.28. The summed E-state index contributed by atoms with van der Waals surface area (Å²) >= 11 is 3.37. The zero-order chi connectivity index (χ0) is 15.4. The fraction of sp³-hybridized carbons (Fsp3) is 0.467. The number of hydrogen-bond donors (Lipinski definition) is 0. The van der Waals surface area contributed by atoms with Crippen LogP contribution in [0, 0.1) is 0 Å². The van der Waals surface area contributed by atoms with E-state index in [-0.39, 0.29) is 5.91 Å². The molecule has 5 nitrogen and oxygen atoms in total. The fourth-order valence-corrected chi connectivity index (χ4v) is 4.07. The van der Waals surface area contributed by atoms with Crippen LogP contribution in [0.15, 0.2) is 23.0 Å². The lowest BCUT2D eigenvalue weighted by molar-refractivity contribution is -0.136. The molecule has 0 unspecified atom stereocenters. The van der Waals surface area contributed by atoms with Crippen LogP contribution in [0.25, 0.3) is 10.6 Å². The van der Waals surface area contributed by atoms with Gasteiger partial charge in [-0.15, -0.1) is 11.3 Å². The highest BCUT2D eigenvalue weighted by Gasteiger charge is 2.18. The van der Waals surface area contributed by atoms with Crippen LogP contribution in [0.4, 0.5) is 0 Å². The lowest BCUT2D eigenvalue weighted by atomic mass is 10.3. The molecule has 0 atom stereocenters. The molecule has 1 saturated heterocycles. The third-order valence-electron chi connectivity index (χ3n) is 3.52. The number of rotatable bonds is 5. The standard InChI is InChI=1S/C15H19N3O2S2/c1-17(10-14(19)18-3-5-20-6-4-18)9-13-8-16-15(22-13)12-2-7-21-11-12/h2,7-8,11H,3-6,9-10H2,1H3. The van der Waals surface area contributed by atoms with Gasteiger partial charge in [-0.25, -0.2) is 4.98 Å². The van der Waals surface area contributed by atoms with Crippen molar-refractivity contribution in [1.29, 1.82) is 0 Å². The van der Waals surface area contributed by atoms with E-state index in [4.69, 9.17) is 4.74 Å². The molecule has 0 radical (unpaired) electrons. The van der Waals surface area contributed by atoms with E-state index in [1.165, 1.54) is 10.4 Å². The van der Waals surface area contributed by atoms with E-state index in [1.54, 1.807) is 22.7 Å². The lowest BCUT2D eigenvalue weighted by Crippen LogP contribution is -2.44. The number of ether oxygens (including phenoxy) is 1. The van der Waals surface area contributed by atoms with Gasteiger partial charge in [0.1, 0.15) is 5.01 Å². The Balaban J connectivity index is 1.53. The van der Waals surface area contributed by atoms with Crippen LogP contribution in [-0.4, -0.2) is 60.6 Å². The summed E-state index contributed by atoms with van der Waals surface area (Å²) in [7, 11) is 1.97. The maximum absolute atomic E-state index is 12.2. The Morgan fingerprint density at radius 3 is 3.00 bits per heavy atom. The maximum atomic E-state index is 12.2. The van der Waals surface area contributed by atoms with Gasteiger partial charge in [-0.2, -0.15) is 11.3 Å². The van der Waals surface area contributed by atoms with Crippen molar-refractivity contribution in [3.8, 4) is 10.6 Å². The van der Waals surface area contributed by atoms with E-state index in [2.05, 4.69) is 21.8 Å². The second-order valence-electron chi connectivity index (χ2n) is 5.31. The molecule has 3 heterocycles. The van der Waals surface area contributed by atoms with Gasteiger partial charge in [0, 0.05) is 41.7 Å². The first-order valence-corrected chi connectivity index (χ1v) is 8.99. The first-order valence-electron chi connectivity index (χ1n) is 7.24. The van der Waals surface area contributed by atoms with Crippen molar-refractivity contribution in [2.45, 2.75) is 6.54 Å². The first-order chi connectivity index (χ1) is 10.7. The minimum absolute atomic E-state index is 0.174. The number of morpholine rings is 1. The van der Waals surface area contributed by atoms with E-state index in [0.29, 0.717) is 32.8 Å². The number of carbonyl (C=O) groups is 1. The highest BCUT2D eigenvalue weighted by Crippen LogP contribution is 2.27. The van der Waals surface area contributed by atoms with Crippen LogP contribution in [0.3, 0.4) is 0 Å². The Morgan fingerprint density at radius 1 is 1.45 bits per heavy atom. The van der Waals surface area contributed by atoms with Crippen molar-refractivity contribution in [2.24, 2.45) is 0 Å². The van der Waals surface area contributed by atoms with E-state index in [9.17, 15) is 4.79 Å². The van der Waals surface area contributed by atoms with Crippen molar-refractivity contribution in [3.63, 3.8) is 0 Å². The number of hydrogen-bond acceptors (Lipinski definition) is 6. The van der Waals surface area contributed by atoms with Crippen LogP contribution in [0.5, 0.6) is 0 Å². The Morgan fingerprint density at radius 2 is 2.27 bits per heavy atom. The zero-order valence-electron chi connectivity index (χ0n) is 12.5. The summed E-state index contributed by atoms with van der Waals surface area (Å²) < 4.78 is 5.28. The van der Waals surface area contributed by atoms with Crippen molar-refractivity contribution in [2.75, 3.05) is 39.9 Å². The van der Waals surface area contributed by atoms with Gasteiger partial charge in [-0.05, 0) is 18.5 Å². The molecule has 118 valence electrons. The van der Waals surface area contributed by atoms with Crippen LogP contribution >= 0.6 is 22.7 Å². The fourth-order valence-electron chi connectivity index (χ4n) is 2.37. The first kappa shape index (κ1) is 15.6. The molecule has 2 aromatic rings. The molecule has 0 aliphatic carbocycles. The smallest absolute Gasteiger partial charge is 0.236 e. The van der Waals surface area contributed by atoms with Gasteiger partial charge in [0.05, 0.1) is 19.8 Å². The van der Waals surface area contributed by atoms with Gasteiger partial charge >= 0.3 is 0 Å². The summed E-state index contributed by atoms with van der Waals surface area (Å²) in [5, 5.41) is 5.21. The monoisotopic (exact) mass is 337 g/mol. The molecule has 0 spiro atoms. The Kier molecular flexibility index (Phi) is 5.20. The van der Waals surface area contributed by atoms with Crippen LogP contribution in [0.1, 0.15) is 4.88 Å². The van der Waals surface area contributed by atoms with Crippen molar-refractivity contribution >= 4 is 28.6 Å². The molecular weight excluding hydrogens is 318 g/mol. The highest BCUT2D eigenvalue weighted by atomic mass is 32.1. The molecule has 0 saturated carbocycles. The molecule has 1 amide bonds. The van der Waals surface area contributed by atoms with Gasteiger partial charge in [-0.3, -0.25) is 9.69 Å². The van der Waals surface area contributed by atoms with E-state index in [0.717, 1.165) is 11.6 Å². The Labute approximate surface area is 138 Å². The molecule has 7 heteroatoms. The predicted molar refractivity (Wildman–Crippen MR) is 89.2 cm³/mol. The molecule has 1 fully saturated rings. The molecule has 0 N–H and O–H groups in total. The molecule has 0 aromatic carbocycles. The van der Waals surface area contributed by atoms with E-state index >= 15 is 0 Å². The number of likely N-dealkylation sites (N-methyl/N-ethyl adjacent to an activating group) is 1. The minimum Gasteiger partial charge on any atom is -0.378 e. The van der Waals surface area contributed by atoms with Crippen molar-refractivity contribution in [1.82, 2.24) is 14.8 Å². The molecule has 1 aliphatic rings. The zero-order valence-corrected chi connectivity index (χ0v) is 14.2. The molecule has 3 rings (SSSR count). The van der Waals surface area contributed by atoms with Crippen LogP contribution in [-0.2, 0) is 16.1 Å². The number of thiophene rings is 1. The van der Waals surface area contributed by atoms with Crippen LogP contribution < -0.4 is 0 Å². The largest absolute Gasteiger partial charge is 0.378 e. The predicted octanol–water partition coefficient (Wildman–Crippen LogP) is 2.16. The average Bonchev–Trinajstić information content (AvgIpc) is 3.19. The molecular formula is C15H19N3O2S2. The van der Waals surface area contributed by atoms with Crippen molar-refractivity contribution in [3.05, 3.63) is 27.9 Å². The van der Waals surface area contributed by atoms with E-state index in [1.807, 2.05) is 23.0 Å². The van der Waals surface area contributed by atoms with Gasteiger partial charge in [0.25, 0.3) is 0 Å². The normalized spacial score (nSPS) is 15.5. The second-order valence-corrected chi connectivity index (χ2v) is 7.20. The van der Waals surface area contributed by atoms with E-state index < -0.39 is 0 Å². The van der Waals surface area contributed by atoms with Gasteiger partial charge < -0.3 is 9.64 Å². The number of amides is 1. The number of aromatic nitrogens is 1. The van der Waals surface area contributed by atoms with Gasteiger partial charge in [0.15, 0.2) is 0 Å². The molecule has 22 heavy (non-hydrogen) atoms. The summed E-state index contributed by atoms with van der Waals surface area (Å²) in [6.45, 7) is 3.89.